The lowest BCUT2D eigenvalue weighted by molar-refractivity contribution is -0.127. The van der Waals surface area contributed by atoms with Crippen molar-refractivity contribution in [1.29, 1.82) is 0 Å². The number of carbonyl (C=O) groups excluding carboxylic acids is 1. The largest absolute Gasteiger partial charge is 0.350 e. The van der Waals surface area contributed by atoms with E-state index in [0.29, 0.717) is 5.92 Å². The molecule has 2 rings (SSSR count). The molecule has 3 nitrogen and oxygen atoms in total. The van der Waals surface area contributed by atoms with E-state index < -0.39 is 0 Å². The maximum Gasteiger partial charge on any atom is 0.237 e. The monoisotopic (exact) mass is 196 g/mol. The van der Waals surface area contributed by atoms with Gasteiger partial charge in [0, 0.05) is 5.54 Å². The molecule has 2 aliphatic rings. The quantitative estimate of drug-likeness (QED) is 0.712. The van der Waals surface area contributed by atoms with Crippen molar-refractivity contribution in [3.63, 3.8) is 0 Å². The summed E-state index contributed by atoms with van der Waals surface area (Å²) in [5.41, 5.74) is 5.95. The molecular weight excluding hydrogens is 176 g/mol. The SMILES string of the molecule is CC1(NC(=O)C(N)C2CCC2)CCC1. The molecule has 0 bridgehead atoms. The summed E-state index contributed by atoms with van der Waals surface area (Å²) in [4.78, 5) is 11.7. The van der Waals surface area contributed by atoms with E-state index in [1.54, 1.807) is 0 Å². The van der Waals surface area contributed by atoms with Crippen LogP contribution in [-0.2, 0) is 4.79 Å². The fraction of sp³-hybridized carbons (Fsp3) is 0.909. The van der Waals surface area contributed by atoms with Gasteiger partial charge in [-0.25, -0.2) is 0 Å². The number of rotatable bonds is 3. The van der Waals surface area contributed by atoms with Gasteiger partial charge in [0.2, 0.25) is 5.91 Å². The molecule has 80 valence electrons. The molecule has 2 saturated carbocycles. The van der Waals surface area contributed by atoms with Gasteiger partial charge in [-0.1, -0.05) is 6.42 Å². The van der Waals surface area contributed by atoms with Gasteiger partial charge in [-0.15, -0.1) is 0 Å². The standard InChI is InChI=1S/C11H20N2O/c1-11(6-3-7-11)13-10(14)9(12)8-4-2-5-8/h8-9H,2-7,12H2,1H3,(H,13,14). The van der Waals surface area contributed by atoms with Gasteiger partial charge in [0.25, 0.3) is 0 Å². The van der Waals surface area contributed by atoms with Gasteiger partial charge in [0.1, 0.15) is 0 Å². The van der Waals surface area contributed by atoms with Crippen LogP contribution >= 0.6 is 0 Å². The highest BCUT2D eigenvalue weighted by Crippen LogP contribution is 2.32. The highest BCUT2D eigenvalue weighted by Gasteiger charge is 2.37. The van der Waals surface area contributed by atoms with E-state index >= 15 is 0 Å². The van der Waals surface area contributed by atoms with E-state index in [4.69, 9.17) is 5.73 Å². The third kappa shape index (κ3) is 1.78. The number of hydrogen-bond acceptors (Lipinski definition) is 2. The molecule has 1 amide bonds. The van der Waals surface area contributed by atoms with Gasteiger partial charge in [-0.3, -0.25) is 4.79 Å². The molecule has 0 saturated heterocycles. The fourth-order valence-corrected chi connectivity index (χ4v) is 2.23. The van der Waals surface area contributed by atoms with E-state index in [1.807, 2.05) is 0 Å². The minimum atomic E-state index is -0.263. The van der Waals surface area contributed by atoms with Crippen molar-refractivity contribution in [2.75, 3.05) is 0 Å². The highest BCUT2D eigenvalue weighted by atomic mass is 16.2. The molecular formula is C11H20N2O. The summed E-state index contributed by atoms with van der Waals surface area (Å²) in [6, 6.07) is -0.263. The van der Waals surface area contributed by atoms with Crippen LogP contribution in [0, 0.1) is 5.92 Å². The summed E-state index contributed by atoms with van der Waals surface area (Å²) in [6.45, 7) is 2.11. The molecule has 2 aliphatic carbocycles. The first-order valence-electron chi connectivity index (χ1n) is 5.68. The second-order valence-electron chi connectivity index (χ2n) is 5.12. The van der Waals surface area contributed by atoms with Crippen molar-refractivity contribution in [2.24, 2.45) is 11.7 Å². The van der Waals surface area contributed by atoms with E-state index in [-0.39, 0.29) is 17.5 Å². The zero-order chi connectivity index (χ0) is 10.2. The predicted molar refractivity (Wildman–Crippen MR) is 55.7 cm³/mol. The van der Waals surface area contributed by atoms with Gasteiger partial charge in [0.05, 0.1) is 6.04 Å². The molecule has 3 N–H and O–H groups in total. The van der Waals surface area contributed by atoms with Gasteiger partial charge in [-0.2, -0.15) is 0 Å². The number of nitrogens with one attached hydrogen (secondary N) is 1. The van der Waals surface area contributed by atoms with Crippen molar-refractivity contribution in [3.05, 3.63) is 0 Å². The van der Waals surface area contributed by atoms with E-state index in [9.17, 15) is 4.79 Å². The average Bonchev–Trinajstić information content (AvgIpc) is 1.98. The fourth-order valence-electron chi connectivity index (χ4n) is 2.23. The Morgan fingerprint density at radius 2 is 2.07 bits per heavy atom. The zero-order valence-electron chi connectivity index (χ0n) is 8.88. The van der Waals surface area contributed by atoms with Crippen LogP contribution in [0.5, 0.6) is 0 Å². The van der Waals surface area contributed by atoms with Crippen molar-refractivity contribution >= 4 is 5.91 Å². The lowest BCUT2D eigenvalue weighted by Gasteiger charge is -2.41. The first-order valence-corrected chi connectivity index (χ1v) is 5.68. The van der Waals surface area contributed by atoms with Crippen LogP contribution in [0.25, 0.3) is 0 Å². The van der Waals surface area contributed by atoms with E-state index in [2.05, 4.69) is 12.2 Å². The lowest BCUT2D eigenvalue weighted by Crippen LogP contribution is -2.57. The Kier molecular flexibility index (Phi) is 2.52. The maximum absolute atomic E-state index is 11.7. The Balaban J connectivity index is 1.81. The Morgan fingerprint density at radius 1 is 1.43 bits per heavy atom. The molecule has 0 radical (unpaired) electrons. The van der Waals surface area contributed by atoms with Gasteiger partial charge in [-0.05, 0) is 44.9 Å². The first-order chi connectivity index (χ1) is 6.61. The van der Waals surface area contributed by atoms with Crippen LogP contribution in [0.15, 0.2) is 0 Å². The number of nitrogens with two attached hydrogens (primary N) is 1. The van der Waals surface area contributed by atoms with Gasteiger partial charge in [0.15, 0.2) is 0 Å². The molecule has 3 heteroatoms. The second kappa shape index (κ2) is 3.54. The average molecular weight is 196 g/mol. The van der Waals surface area contributed by atoms with Crippen LogP contribution in [0.1, 0.15) is 45.4 Å². The third-order valence-electron chi connectivity index (χ3n) is 3.84. The smallest absolute Gasteiger partial charge is 0.237 e. The molecule has 2 fully saturated rings. The first kappa shape index (κ1) is 9.97. The predicted octanol–water partition coefficient (Wildman–Crippen LogP) is 1.17. The topological polar surface area (TPSA) is 55.1 Å². The second-order valence-corrected chi connectivity index (χ2v) is 5.12. The van der Waals surface area contributed by atoms with Crippen LogP contribution in [0.3, 0.4) is 0 Å². The summed E-state index contributed by atoms with van der Waals surface area (Å²) in [5, 5.41) is 3.08. The normalized spacial score (nSPS) is 27.3. The Bertz CT molecular complexity index is 231. The highest BCUT2D eigenvalue weighted by molar-refractivity contribution is 5.82. The Hall–Kier alpha value is -0.570. The van der Waals surface area contributed by atoms with Crippen molar-refractivity contribution in [3.8, 4) is 0 Å². The third-order valence-corrected chi connectivity index (χ3v) is 3.84. The molecule has 0 aliphatic heterocycles. The van der Waals surface area contributed by atoms with Gasteiger partial charge < -0.3 is 11.1 Å². The van der Waals surface area contributed by atoms with Crippen LogP contribution in [0.2, 0.25) is 0 Å². The molecule has 0 heterocycles. The molecule has 1 atom stereocenters. The lowest BCUT2D eigenvalue weighted by atomic mass is 9.76. The number of hydrogen-bond donors (Lipinski definition) is 2. The molecule has 0 aromatic rings. The summed E-state index contributed by atoms with van der Waals surface area (Å²) >= 11 is 0. The Labute approximate surface area is 85.4 Å². The minimum absolute atomic E-state index is 0.0540. The number of carbonyl (C=O) groups is 1. The van der Waals surface area contributed by atoms with Crippen LogP contribution in [0.4, 0.5) is 0 Å². The molecule has 1 unspecified atom stereocenters. The summed E-state index contributed by atoms with van der Waals surface area (Å²) in [6.07, 6.45) is 6.95. The maximum atomic E-state index is 11.7. The summed E-state index contributed by atoms with van der Waals surface area (Å²) < 4.78 is 0. The molecule has 0 spiro atoms. The minimum Gasteiger partial charge on any atom is -0.350 e. The molecule has 0 aromatic heterocycles. The van der Waals surface area contributed by atoms with Gasteiger partial charge >= 0.3 is 0 Å². The molecule has 0 aromatic carbocycles. The summed E-state index contributed by atoms with van der Waals surface area (Å²) in [7, 11) is 0. The van der Waals surface area contributed by atoms with Crippen molar-refractivity contribution < 1.29 is 4.79 Å². The Morgan fingerprint density at radius 3 is 2.43 bits per heavy atom. The van der Waals surface area contributed by atoms with Crippen LogP contribution in [-0.4, -0.2) is 17.5 Å². The van der Waals surface area contributed by atoms with Crippen molar-refractivity contribution in [1.82, 2.24) is 5.32 Å². The van der Waals surface area contributed by atoms with E-state index in [0.717, 1.165) is 25.7 Å². The van der Waals surface area contributed by atoms with Crippen molar-refractivity contribution in [2.45, 2.75) is 57.0 Å². The van der Waals surface area contributed by atoms with Crippen LogP contribution < -0.4 is 11.1 Å². The zero-order valence-corrected chi connectivity index (χ0v) is 8.88. The summed E-state index contributed by atoms with van der Waals surface area (Å²) in [5.74, 6) is 0.510. The van der Waals surface area contributed by atoms with E-state index in [1.165, 1.54) is 12.8 Å². The number of amides is 1. The molecule has 14 heavy (non-hydrogen) atoms.